The standard InChI is InChI=1S/C10H13BrN2O2S/c11-9-3-5-10(6-4-9)16(14,15)13-8-2-1-7-12/h1-6,13H,7-8,12H2/b2-1+. The predicted octanol–water partition coefficient (Wildman–Crippen LogP) is 1.24. The topological polar surface area (TPSA) is 72.2 Å². The lowest BCUT2D eigenvalue weighted by molar-refractivity contribution is 0.585. The number of nitrogens with two attached hydrogens (primary N) is 1. The summed E-state index contributed by atoms with van der Waals surface area (Å²) in [6.45, 7) is 0.648. The van der Waals surface area contributed by atoms with Crippen molar-refractivity contribution < 1.29 is 8.42 Å². The molecule has 0 saturated carbocycles. The molecule has 0 aliphatic carbocycles. The SMILES string of the molecule is NC/C=C/CNS(=O)(=O)c1ccc(Br)cc1. The molecule has 0 aliphatic rings. The van der Waals surface area contributed by atoms with Gasteiger partial charge in [-0.2, -0.15) is 0 Å². The van der Waals surface area contributed by atoms with E-state index >= 15 is 0 Å². The second kappa shape index (κ2) is 6.15. The maximum absolute atomic E-state index is 11.7. The second-order valence-corrected chi connectivity index (χ2v) is 5.70. The van der Waals surface area contributed by atoms with Crippen LogP contribution in [0.25, 0.3) is 0 Å². The van der Waals surface area contributed by atoms with Crippen LogP contribution in [0.5, 0.6) is 0 Å². The van der Waals surface area contributed by atoms with E-state index < -0.39 is 10.0 Å². The monoisotopic (exact) mass is 304 g/mol. The van der Waals surface area contributed by atoms with Crippen molar-refractivity contribution in [1.82, 2.24) is 4.72 Å². The Kier molecular flexibility index (Phi) is 5.14. The lowest BCUT2D eigenvalue weighted by atomic mass is 10.4. The number of nitrogens with one attached hydrogen (secondary N) is 1. The smallest absolute Gasteiger partial charge is 0.240 e. The van der Waals surface area contributed by atoms with Crippen LogP contribution in [0.2, 0.25) is 0 Å². The number of hydrogen-bond donors (Lipinski definition) is 2. The zero-order valence-electron chi connectivity index (χ0n) is 8.56. The van der Waals surface area contributed by atoms with Crippen LogP contribution in [0.3, 0.4) is 0 Å². The van der Waals surface area contributed by atoms with E-state index in [9.17, 15) is 8.42 Å². The van der Waals surface area contributed by atoms with Gasteiger partial charge in [0.2, 0.25) is 10.0 Å². The van der Waals surface area contributed by atoms with Gasteiger partial charge in [-0.25, -0.2) is 13.1 Å². The highest BCUT2D eigenvalue weighted by Gasteiger charge is 2.11. The Morgan fingerprint density at radius 1 is 1.25 bits per heavy atom. The summed E-state index contributed by atoms with van der Waals surface area (Å²) in [7, 11) is -3.42. The summed E-state index contributed by atoms with van der Waals surface area (Å²) < 4.78 is 26.7. The van der Waals surface area contributed by atoms with E-state index in [0.29, 0.717) is 6.54 Å². The molecule has 0 aliphatic heterocycles. The van der Waals surface area contributed by atoms with Crippen LogP contribution in [-0.4, -0.2) is 21.5 Å². The maximum Gasteiger partial charge on any atom is 0.240 e. The molecule has 0 radical (unpaired) electrons. The Bertz CT molecular complexity index is 454. The summed E-state index contributed by atoms with van der Waals surface area (Å²) in [5.74, 6) is 0. The molecule has 0 amide bonds. The Morgan fingerprint density at radius 3 is 2.44 bits per heavy atom. The third kappa shape index (κ3) is 4.05. The van der Waals surface area contributed by atoms with Gasteiger partial charge in [-0.1, -0.05) is 28.1 Å². The van der Waals surface area contributed by atoms with Crippen molar-refractivity contribution in [1.29, 1.82) is 0 Å². The van der Waals surface area contributed by atoms with Crippen LogP contribution >= 0.6 is 15.9 Å². The molecule has 0 atom stereocenters. The molecule has 0 saturated heterocycles. The van der Waals surface area contributed by atoms with Gasteiger partial charge in [0.25, 0.3) is 0 Å². The Labute approximate surface area is 104 Å². The van der Waals surface area contributed by atoms with Gasteiger partial charge in [0.05, 0.1) is 4.90 Å². The first-order chi connectivity index (χ1) is 7.56. The van der Waals surface area contributed by atoms with E-state index in [1.54, 1.807) is 36.4 Å². The summed E-state index contributed by atoms with van der Waals surface area (Å²) in [5, 5.41) is 0. The van der Waals surface area contributed by atoms with Crippen LogP contribution in [0.1, 0.15) is 0 Å². The summed E-state index contributed by atoms with van der Waals surface area (Å²) in [6, 6.07) is 6.45. The zero-order chi connectivity index (χ0) is 12.0. The molecule has 0 unspecified atom stereocenters. The molecule has 88 valence electrons. The fraction of sp³-hybridized carbons (Fsp3) is 0.200. The average molecular weight is 305 g/mol. The van der Waals surface area contributed by atoms with E-state index in [0.717, 1.165) is 4.47 Å². The van der Waals surface area contributed by atoms with Crippen molar-refractivity contribution in [3.8, 4) is 0 Å². The quantitative estimate of drug-likeness (QED) is 0.804. The molecule has 6 heteroatoms. The summed E-state index contributed by atoms with van der Waals surface area (Å²) >= 11 is 3.25. The largest absolute Gasteiger partial charge is 0.327 e. The minimum atomic E-state index is -3.42. The Balaban J connectivity index is 2.71. The number of rotatable bonds is 5. The Morgan fingerprint density at radius 2 is 1.88 bits per heavy atom. The molecule has 0 aromatic heterocycles. The first-order valence-electron chi connectivity index (χ1n) is 4.66. The van der Waals surface area contributed by atoms with Gasteiger partial charge < -0.3 is 5.73 Å². The summed E-state index contributed by atoms with van der Waals surface area (Å²) in [4.78, 5) is 0.247. The molecular weight excluding hydrogens is 292 g/mol. The molecule has 0 spiro atoms. The molecular formula is C10H13BrN2O2S. The first-order valence-corrected chi connectivity index (χ1v) is 6.94. The first kappa shape index (κ1) is 13.4. The van der Waals surface area contributed by atoms with E-state index in [4.69, 9.17) is 5.73 Å². The van der Waals surface area contributed by atoms with Crippen molar-refractivity contribution in [3.63, 3.8) is 0 Å². The summed E-state index contributed by atoms with van der Waals surface area (Å²) in [5.41, 5.74) is 5.24. The summed E-state index contributed by atoms with van der Waals surface area (Å²) in [6.07, 6.45) is 3.38. The third-order valence-corrected chi connectivity index (χ3v) is 3.79. The van der Waals surface area contributed by atoms with E-state index in [-0.39, 0.29) is 11.4 Å². The number of halogens is 1. The van der Waals surface area contributed by atoms with Gasteiger partial charge in [-0.05, 0) is 24.3 Å². The van der Waals surface area contributed by atoms with E-state index in [2.05, 4.69) is 20.7 Å². The minimum absolute atomic E-state index is 0.246. The second-order valence-electron chi connectivity index (χ2n) is 3.01. The van der Waals surface area contributed by atoms with Crippen molar-refractivity contribution in [3.05, 3.63) is 40.9 Å². The Hall–Kier alpha value is -0.690. The van der Waals surface area contributed by atoms with Crippen molar-refractivity contribution in [2.45, 2.75) is 4.90 Å². The third-order valence-electron chi connectivity index (χ3n) is 1.82. The van der Waals surface area contributed by atoms with Gasteiger partial charge in [0.15, 0.2) is 0 Å². The van der Waals surface area contributed by atoms with Gasteiger partial charge in [0.1, 0.15) is 0 Å². The van der Waals surface area contributed by atoms with E-state index in [1.165, 1.54) is 0 Å². The number of benzene rings is 1. The fourth-order valence-electron chi connectivity index (χ4n) is 1.03. The van der Waals surface area contributed by atoms with Gasteiger partial charge in [0, 0.05) is 17.6 Å². The van der Waals surface area contributed by atoms with Crippen LogP contribution in [-0.2, 0) is 10.0 Å². The maximum atomic E-state index is 11.7. The highest BCUT2D eigenvalue weighted by Crippen LogP contribution is 2.14. The molecule has 0 bridgehead atoms. The molecule has 4 nitrogen and oxygen atoms in total. The van der Waals surface area contributed by atoms with Gasteiger partial charge in [-0.15, -0.1) is 0 Å². The van der Waals surface area contributed by atoms with Gasteiger partial charge in [-0.3, -0.25) is 0 Å². The fourth-order valence-corrected chi connectivity index (χ4v) is 2.28. The van der Waals surface area contributed by atoms with Gasteiger partial charge >= 0.3 is 0 Å². The average Bonchev–Trinajstić information content (AvgIpc) is 2.25. The lowest BCUT2D eigenvalue weighted by Crippen LogP contribution is -2.23. The van der Waals surface area contributed by atoms with E-state index in [1.807, 2.05) is 0 Å². The highest BCUT2D eigenvalue weighted by atomic mass is 79.9. The zero-order valence-corrected chi connectivity index (χ0v) is 11.0. The molecule has 1 aromatic carbocycles. The molecule has 0 fully saturated rings. The molecule has 0 heterocycles. The van der Waals surface area contributed by atoms with Crippen LogP contribution < -0.4 is 10.5 Å². The molecule has 3 N–H and O–H groups in total. The number of hydrogen-bond acceptors (Lipinski definition) is 3. The van der Waals surface area contributed by atoms with Crippen LogP contribution in [0, 0.1) is 0 Å². The van der Waals surface area contributed by atoms with Crippen LogP contribution in [0.15, 0.2) is 45.8 Å². The number of sulfonamides is 1. The van der Waals surface area contributed by atoms with Crippen molar-refractivity contribution in [2.24, 2.45) is 5.73 Å². The highest BCUT2D eigenvalue weighted by molar-refractivity contribution is 9.10. The minimum Gasteiger partial charge on any atom is -0.327 e. The van der Waals surface area contributed by atoms with Crippen molar-refractivity contribution >= 4 is 26.0 Å². The molecule has 1 aromatic rings. The lowest BCUT2D eigenvalue weighted by Gasteiger charge is -2.04. The predicted molar refractivity (Wildman–Crippen MR) is 67.5 cm³/mol. The molecule has 1 rings (SSSR count). The molecule has 16 heavy (non-hydrogen) atoms. The van der Waals surface area contributed by atoms with Crippen LogP contribution in [0.4, 0.5) is 0 Å². The van der Waals surface area contributed by atoms with Crippen molar-refractivity contribution in [2.75, 3.05) is 13.1 Å². The normalized spacial score (nSPS) is 12.1.